The highest BCUT2D eigenvalue weighted by Gasteiger charge is 2.24. The largest absolute Gasteiger partial charge is 0.492 e. The van der Waals surface area contributed by atoms with Gasteiger partial charge in [0.05, 0.1) is 17.7 Å². The second-order valence-electron chi connectivity index (χ2n) is 5.88. The van der Waals surface area contributed by atoms with Crippen LogP contribution >= 0.6 is 11.6 Å². The van der Waals surface area contributed by atoms with Gasteiger partial charge in [0.15, 0.2) is 0 Å². The number of hydrogen-bond acceptors (Lipinski definition) is 3. The van der Waals surface area contributed by atoms with Crippen LogP contribution in [0.2, 0.25) is 5.02 Å². The van der Waals surface area contributed by atoms with Gasteiger partial charge < -0.3 is 14.5 Å². The van der Waals surface area contributed by atoms with Gasteiger partial charge in [-0.2, -0.15) is 0 Å². The number of carbonyl (C=O) groups excluding carboxylic acids is 1. The predicted molar refractivity (Wildman–Crippen MR) is 97.7 cm³/mol. The van der Waals surface area contributed by atoms with Crippen LogP contribution in [-0.4, -0.2) is 12.5 Å². The van der Waals surface area contributed by atoms with Crippen LogP contribution in [0.4, 0.5) is 0 Å². The zero-order valence-corrected chi connectivity index (χ0v) is 14.1. The molecule has 0 saturated heterocycles. The molecule has 1 N–H and O–H groups in total. The first-order valence-electron chi connectivity index (χ1n) is 8.09. The van der Waals surface area contributed by atoms with Crippen molar-refractivity contribution in [3.05, 3.63) is 71.0 Å². The summed E-state index contributed by atoms with van der Waals surface area (Å²) in [4.78, 5) is 12.3. The maximum Gasteiger partial charge on any atom is 0.244 e. The average Bonchev–Trinajstić information content (AvgIpc) is 3.04. The predicted octanol–water partition coefficient (Wildman–Crippen LogP) is 4.74. The van der Waals surface area contributed by atoms with Crippen molar-refractivity contribution in [2.45, 2.75) is 12.5 Å². The molecule has 0 spiro atoms. The van der Waals surface area contributed by atoms with Crippen molar-refractivity contribution >= 4 is 34.6 Å². The lowest BCUT2D eigenvalue weighted by atomic mass is 10.0. The second-order valence-corrected chi connectivity index (χ2v) is 6.28. The highest BCUT2D eigenvalue weighted by molar-refractivity contribution is 6.32. The Hall–Kier alpha value is -2.72. The molecule has 0 radical (unpaired) electrons. The molecule has 0 aliphatic carbocycles. The SMILES string of the molecule is O=C(/C=C/c1cc2ccccc2o1)NC1CCOc2c(Cl)cccc21. The van der Waals surface area contributed by atoms with Gasteiger partial charge >= 0.3 is 0 Å². The van der Waals surface area contributed by atoms with E-state index in [-0.39, 0.29) is 11.9 Å². The van der Waals surface area contributed by atoms with E-state index in [4.69, 9.17) is 20.8 Å². The fourth-order valence-electron chi connectivity index (χ4n) is 3.00. The molecule has 4 nitrogen and oxygen atoms in total. The molecule has 4 rings (SSSR count). The molecule has 0 saturated carbocycles. The van der Waals surface area contributed by atoms with Crippen molar-refractivity contribution in [2.24, 2.45) is 0 Å². The zero-order valence-electron chi connectivity index (χ0n) is 13.4. The molecule has 1 aliphatic heterocycles. The Bertz CT molecular complexity index is 927. The maximum absolute atomic E-state index is 12.3. The quantitative estimate of drug-likeness (QED) is 0.692. The summed E-state index contributed by atoms with van der Waals surface area (Å²) in [6.45, 7) is 0.523. The van der Waals surface area contributed by atoms with Crippen LogP contribution in [0.1, 0.15) is 23.8 Å². The van der Waals surface area contributed by atoms with E-state index in [1.807, 2.05) is 42.5 Å². The van der Waals surface area contributed by atoms with Gasteiger partial charge in [-0.1, -0.05) is 41.9 Å². The first-order valence-corrected chi connectivity index (χ1v) is 8.47. The first kappa shape index (κ1) is 15.8. The van der Waals surface area contributed by atoms with Crippen LogP contribution in [-0.2, 0) is 4.79 Å². The average molecular weight is 354 g/mol. The molecule has 2 aromatic carbocycles. The molecule has 5 heteroatoms. The van der Waals surface area contributed by atoms with Crippen LogP contribution in [0, 0.1) is 0 Å². The van der Waals surface area contributed by atoms with Gasteiger partial charge in [0.1, 0.15) is 17.1 Å². The highest BCUT2D eigenvalue weighted by atomic mass is 35.5. The smallest absolute Gasteiger partial charge is 0.244 e. The molecule has 126 valence electrons. The Morgan fingerprint density at radius 1 is 1.20 bits per heavy atom. The van der Waals surface area contributed by atoms with Crippen LogP contribution in [0.5, 0.6) is 5.75 Å². The van der Waals surface area contributed by atoms with E-state index in [1.165, 1.54) is 6.08 Å². The molecule has 1 amide bonds. The Morgan fingerprint density at radius 2 is 2.08 bits per heavy atom. The van der Waals surface area contributed by atoms with Crippen molar-refractivity contribution in [3.63, 3.8) is 0 Å². The molecule has 2 heterocycles. The first-order chi connectivity index (χ1) is 12.2. The van der Waals surface area contributed by atoms with E-state index < -0.39 is 0 Å². The van der Waals surface area contributed by atoms with Gasteiger partial charge in [0.2, 0.25) is 5.91 Å². The van der Waals surface area contributed by atoms with E-state index >= 15 is 0 Å². The lowest BCUT2D eigenvalue weighted by molar-refractivity contribution is -0.117. The molecular formula is C20H16ClNO3. The van der Waals surface area contributed by atoms with Gasteiger partial charge in [-0.05, 0) is 24.3 Å². The number of ether oxygens (including phenoxy) is 1. The number of halogens is 1. The second kappa shape index (κ2) is 6.65. The molecule has 3 aromatic rings. The number of fused-ring (bicyclic) bond motifs is 2. The minimum Gasteiger partial charge on any atom is -0.492 e. The summed E-state index contributed by atoms with van der Waals surface area (Å²) in [6.07, 6.45) is 3.86. The van der Waals surface area contributed by atoms with E-state index in [2.05, 4.69) is 5.32 Å². The Kier molecular flexibility index (Phi) is 4.20. The summed E-state index contributed by atoms with van der Waals surface area (Å²) < 4.78 is 11.3. The minimum absolute atomic E-state index is 0.115. The van der Waals surface area contributed by atoms with Crippen molar-refractivity contribution in [2.75, 3.05) is 6.61 Å². The number of amides is 1. The molecule has 1 aromatic heterocycles. The zero-order chi connectivity index (χ0) is 17.2. The number of rotatable bonds is 3. The van der Waals surface area contributed by atoms with E-state index in [1.54, 1.807) is 12.1 Å². The fourth-order valence-corrected chi connectivity index (χ4v) is 3.24. The molecule has 1 aliphatic rings. The number of carbonyl (C=O) groups is 1. The van der Waals surface area contributed by atoms with Crippen LogP contribution in [0.3, 0.4) is 0 Å². The summed E-state index contributed by atoms with van der Waals surface area (Å²) in [5, 5.41) is 4.57. The topological polar surface area (TPSA) is 51.5 Å². The van der Waals surface area contributed by atoms with Gasteiger partial charge in [0, 0.05) is 23.4 Å². The van der Waals surface area contributed by atoms with Gasteiger partial charge in [0.25, 0.3) is 0 Å². The summed E-state index contributed by atoms with van der Waals surface area (Å²) in [7, 11) is 0. The van der Waals surface area contributed by atoms with Crippen LogP contribution in [0.15, 0.2) is 59.0 Å². The molecule has 0 fully saturated rings. The summed E-state index contributed by atoms with van der Waals surface area (Å²) in [5.74, 6) is 1.12. The van der Waals surface area contributed by atoms with Crippen molar-refractivity contribution in [3.8, 4) is 5.75 Å². The molecular weight excluding hydrogens is 338 g/mol. The van der Waals surface area contributed by atoms with Gasteiger partial charge in [-0.15, -0.1) is 0 Å². The van der Waals surface area contributed by atoms with E-state index in [0.29, 0.717) is 29.6 Å². The third kappa shape index (κ3) is 3.26. The molecule has 1 unspecified atom stereocenters. The Morgan fingerprint density at radius 3 is 2.96 bits per heavy atom. The third-order valence-corrected chi connectivity index (χ3v) is 4.48. The van der Waals surface area contributed by atoms with Crippen LogP contribution in [0.25, 0.3) is 17.0 Å². The highest BCUT2D eigenvalue weighted by Crippen LogP contribution is 2.37. The fraction of sp³-hybridized carbons (Fsp3) is 0.150. The number of furan rings is 1. The van der Waals surface area contributed by atoms with E-state index in [0.717, 1.165) is 16.5 Å². The number of benzene rings is 2. The van der Waals surface area contributed by atoms with E-state index in [9.17, 15) is 4.79 Å². The number of para-hydroxylation sites is 2. The van der Waals surface area contributed by atoms with Gasteiger partial charge in [-0.3, -0.25) is 4.79 Å². The lowest BCUT2D eigenvalue weighted by Gasteiger charge is -2.26. The van der Waals surface area contributed by atoms with Crippen molar-refractivity contribution in [1.82, 2.24) is 5.32 Å². The lowest BCUT2D eigenvalue weighted by Crippen LogP contribution is -2.31. The van der Waals surface area contributed by atoms with Crippen molar-refractivity contribution in [1.29, 1.82) is 0 Å². The molecule has 0 bridgehead atoms. The van der Waals surface area contributed by atoms with Crippen molar-refractivity contribution < 1.29 is 13.9 Å². The maximum atomic E-state index is 12.3. The Labute approximate surface area is 150 Å². The number of nitrogens with one attached hydrogen (secondary N) is 1. The monoisotopic (exact) mass is 353 g/mol. The summed E-state index contributed by atoms with van der Waals surface area (Å²) >= 11 is 6.16. The van der Waals surface area contributed by atoms with Crippen LogP contribution < -0.4 is 10.1 Å². The van der Waals surface area contributed by atoms with Gasteiger partial charge in [-0.25, -0.2) is 0 Å². The minimum atomic E-state index is -0.182. The molecule has 25 heavy (non-hydrogen) atoms. The molecule has 1 atom stereocenters. The summed E-state index contributed by atoms with van der Waals surface area (Å²) in [5.41, 5.74) is 1.71. The normalized spacial score (nSPS) is 16.6. The standard InChI is InChI=1S/C20H16ClNO3/c21-16-6-3-5-15-17(10-11-24-20(15)16)22-19(23)9-8-14-12-13-4-1-2-7-18(13)25-14/h1-9,12,17H,10-11H2,(H,22,23)/b9-8+. The Balaban J connectivity index is 1.49. The third-order valence-electron chi connectivity index (χ3n) is 4.19. The number of hydrogen-bond donors (Lipinski definition) is 1. The summed E-state index contributed by atoms with van der Waals surface area (Å²) in [6, 6.07) is 15.1.